The van der Waals surface area contributed by atoms with Gasteiger partial charge in [0.05, 0.1) is 4.90 Å². The highest BCUT2D eigenvalue weighted by Crippen LogP contribution is 2.30. The number of rotatable bonds is 8. The molecule has 10 heteroatoms. The molecule has 190 valence electrons. The summed E-state index contributed by atoms with van der Waals surface area (Å²) in [7, 11) is -3.86. The molecule has 0 spiro atoms. The van der Waals surface area contributed by atoms with Crippen molar-refractivity contribution in [1.29, 1.82) is 0 Å². The number of carbonyl (C=O) groups is 2. The lowest BCUT2D eigenvalue weighted by molar-refractivity contribution is -0.138. The number of hydrogen-bond donors (Lipinski definition) is 4. The largest absolute Gasteiger partial charge is 0.480 e. The van der Waals surface area contributed by atoms with Gasteiger partial charge in [-0.05, 0) is 85.3 Å². The molecule has 0 fully saturated rings. The van der Waals surface area contributed by atoms with E-state index in [-0.39, 0.29) is 11.4 Å². The first-order chi connectivity index (χ1) is 16.8. The van der Waals surface area contributed by atoms with Gasteiger partial charge in [-0.25, -0.2) is 13.2 Å². The summed E-state index contributed by atoms with van der Waals surface area (Å²) in [5, 5.41) is 12.1. The van der Waals surface area contributed by atoms with Crippen LogP contribution in [-0.4, -0.2) is 38.0 Å². The quantitative estimate of drug-likeness (QED) is 0.345. The van der Waals surface area contributed by atoms with E-state index in [2.05, 4.69) is 10.0 Å². The Hall–Kier alpha value is -3.40. The number of hydrogen-bond acceptors (Lipinski definition) is 5. The zero-order chi connectivity index (χ0) is 26.8. The van der Waals surface area contributed by atoms with Crippen LogP contribution >= 0.6 is 11.6 Å². The number of carboxylic acids is 1. The van der Waals surface area contributed by atoms with Crippen molar-refractivity contribution in [2.45, 2.75) is 38.6 Å². The third-order valence-corrected chi connectivity index (χ3v) is 7.72. The molecular formula is C26H28ClN3O5S. The molecule has 0 saturated carbocycles. The molecule has 0 saturated heterocycles. The number of amides is 1. The van der Waals surface area contributed by atoms with Crippen LogP contribution in [0.15, 0.2) is 53.4 Å². The molecule has 5 N–H and O–H groups in total. The maximum atomic E-state index is 13.1. The van der Waals surface area contributed by atoms with Crippen LogP contribution in [0.1, 0.15) is 32.6 Å². The second kappa shape index (κ2) is 10.7. The fraction of sp³-hybridized carbons (Fsp3) is 0.231. The Morgan fingerprint density at radius 2 is 1.58 bits per heavy atom. The van der Waals surface area contributed by atoms with Crippen LogP contribution < -0.4 is 15.8 Å². The van der Waals surface area contributed by atoms with E-state index in [1.54, 1.807) is 70.2 Å². The lowest BCUT2D eigenvalue weighted by Gasteiger charge is -2.17. The summed E-state index contributed by atoms with van der Waals surface area (Å²) in [5.74, 6) is -1.73. The molecule has 1 atom stereocenters. The molecule has 3 rings (SSSR count). The molecule has 8 nitrogen and oxygen atoms in total. The Balaban J connectivity index is 1.92. The third-order valence-electron chi connectivity index (χ3n) is 5.79. The van der Waals surface area contributed by atoms with E-state index in [1.807, 2.05) is 6.07 Å². The SMILES string of the molecule is Cc1cc(S(=O)(=O)Nc2cccc(-c3cc(C)c(C(=O)NC(CN)C(=O)O)c(C)c3)c2)c(C)cc1Cl. The van der Waals surface area contributed by atoms with Crippen LogP contribution in [0.2, 0.25) is 5.02 Å². The van der Waals surface area contributed by atoms with Gasteiger partial charge in [-0.1, -0.05) is 35.9 Å². The monoisotopic (exact) mass is 529 g/mol. The van der Waals surface area contributed by atoms with Crippen molar-refractivity contribution in [3.63, 3.8) is 0 Å². The minimum atomic E-state index is -3.86. The van der Waals surface area contributed by atoms with Gasteiger partial charge >= 0.3 is 5.97 Å². The molecule has 0 radical (unpaired) electrons. The first kappa shape index (κ1) is 27.2. The summed E-state index contributed by atoms with van der Waals surface area (Å²) in [4.78, 5) is 24.1. The Bertz CT molecular complexity index is 1430. The topological polar surface area (TPSA) is 139 Å². The Labute approximate surface area is 215 Å². The molecule has 36 heavy (non-hydrogen) atoms. The molecule has 3 aromatic carbocycles. The zero-order valence-corrected chi connectivity index (χ0v) is 21.9. The summed E-state index contributed by atoms with van der Waals surface area (Å²) < 4.78 is 28.8. The van der Waals surface area contributed by atoms with Gasteiger partial charge in [0.2, 0.25) is 0 Å². The van der Waals surface area contributed by atoms with Gasteiger partial charge < -0.3 is 16.2 Å². The number of aryl methyl sites for hydroxylation is 4. The van der Waals surface area contributed by atoms with E-state index in [4.69, 9.17) is 17.3 Å². The predicted octanol–water partition coefficient (Wildman–Crippen LogP) is 4.18. The minimum Gasteiger partial charge on any atom is -0.480 e. The number of nitrogens with two attached hydrogens (primary N) is 1. The molecule has 0 bridgehead atoms. The lowest BCUT2D eigenvalue weighted by Crippen LogP contribution is -2.46. The Kier molecular flexibility index (Phi) is 8.08. The van der Waals surface area contributed by atoms with E-state index in [1.165, 1.54) is 0 Å². The van der Waals surface area contributed by atoms with E-state index in [0.717, 1.165) is 11.1 Å². The molecular weight excluding hydrogens is 502 g/mol. The van der Waals surface area contributed by atoms with Crippen LogP contribution in [0.4, 0.5) is 5.69 Å². The average molecular weight is 530 g/mol. The van der Waals surface area contributed by atoms with Gasteiger partial charge in [0.15, 0.2) is 0 Å². The van der Waals surface area contributed by atoms with Crippen LogP contribution in [0.25, 0.3) is 11.1 Å². The molecule has 1 amide bonds. The van der Waals surface area contributed by atoms with Gasteiger partial charge in [0.1, 0.15) is 6.04 Å². The van der Waals surface area contributed by atoms with Crippen LogP contribution in [0.5, 0.6) is 0 Å². The number of anilines is 1. The summed E-state index contributed by atoms with van der Waals surface area (Å²) >= 11 is 6.11. The summed E-state index contributed by atoms with van der Waals surface area (Å²) in [6, 6.07) is 12.5. The normalized spacial score (nSPS) is 12.2. The molecule has 0 aliphatic rings. The van der Waals surface area contributed by atoms with Crippen molar-refractivity contribution in [1.82, 2.24) is 5.32 Å². The second-order valence-electron chi connectivity index (χ2n) is 8.64. The minimum absolute atomic E-state index is 0.147. The van der Waals surface area contributed by atoms with E-state index in [9.17, 15) is 23.1 Å². The fourth-order valence-corrected chi connectivity index (χ4v) is 5.54. The molecule has 0 heterocycles. The van der Waals surface area contributed by atoms with Gasteiger partial charge in [-0.3, -0.25) is 9.52 Å². The maximum absolute atomic E-state index is 13.1. The number of carbonyl (C=O) groups excluding carboxylic acids is 1. The van der Waals surface area contributed by atoms with Gasteiger partial charge in [0.25, 0.3) is 15.9 Å². The Morgan fingerprint density at radius 3 is 2.17 bits per heavy atom. The van der Waals surface area contributed by atoms with E-state index in [0.29, 0.717) is 38.5 Å². The van der Waals surface area contributed by atoms with Gasteiger partial charge in [-0.2, -0.15) is 0 Å². The van der Waals surface area contributed by atoms with Crippen LogP contribution in [0.3, 0.4) is 0 Å². The number of benzene rings is 3. The van der Waals surface area contributed by atoms with Crippen molar-refractivity contribution < 1.29 is 23.1 Å². The molecule has 3 aromatic rings. The maximum Gasteiger partial charge on any atom is 0.327 e. The van der Waals surface area contributed by atoms with Crippen LogP contribution in [0, 0.1) is 27.7 Å². The van der Waals surface area contributed by atoms with Crippen molar-refractivity contribution in [2.24, 2.45) is 5.73 Å². The number of halogens is 1. The molecule has 1 unspecified atom stereocenters. The number of sulfonamides is 1. The van der Waals surface area contributed by atoms with Crippen LogP contribution in [-0.2, 0) is 14.8 Å². The lowest BCUT2D eigenvalue weighted by atomic mass is 9.94. The second-order valence-corrected chi connectivity index (χ2v) is 10.7. The average Bonchev–Trinajstić information content (AvgIpc) is 2.78. The number of nitrogens with one attached hydrogen (secondary N) is 2. The van der Waals surface area contributed by atoms with Crippen molar-refractivity contribution in [3.8, 4) is 11.1 Å². The van der Waals surface area contributed by atoms with E-state index >= 15 is 0 Å². The van der Waals surface area contributed by atoms with Crippen molar-refractivity contribution >= 4 is 39.2 Å². The fourth-order valence-electron chi connectivity index (χ4n) is 3.96. The standard InChI is InChI=1S/C26H28ClN3O5S/c1-14-11-23(15(2)10-21(14)27)36(34,35)30-20-7-5-6-18(12-20)19-8-16(3)24(17(4)9-19)25(31)29-22(13-28)26(32)33/h5-12,22,30H,13,28H2,1-4H3,(H,29,31)(H,32,33). The van der Waals surface area contributed by atoms with Gasteiger partial charge in [-0.15, -0.1) is 0 Å². The summed E-state index contributed by atoms with van der Waals surface area (Å²) in [6.07, 6.45) is 0. The number of carboxylic acid groups (broad SMARTS) is 1. The Morgan fingerprint density at radius 1 is 0.944 bits per heavy atom. The predicted molar refractivity (Wildman–Crippen MR) is 141 cm³/mol. The van der Waals surface area contributed by atoms with Crippen molar-refractivity contribution in [3.05, 3.63) is 81.4 Å². The molecule has 0 aliphatic heterocycles. The smallest absolute Gasteiger partial charge is 0.327 e. The molecule has 0 aliphatic carbocycles. The summed E-state index contributed by atoms with van der Waals surface area (Å²) in [5.41, 5.74) is 10.2. The highest BCUT2D eigenvalue weighted by atomic mass is 35.5. The van der Waals surface area contributed by atoms with E-state index < -0.39 is 27.9 Å². The zero-order valence-electron chi connectivity index (χ0n) is 20.3. The summed E-state index contributed by atoms with van der Waals surface area (Å²) in [6.45, 7) is 6.71. The van der Waals surface area contributed by atoms with Crippen molar-refractivity contribution in [2.75, 3.05) is 11.3 Å². The highest BCUT2D eigenvalue weighted by Gasteiger charge is 2.22. The number of aliphatic carboxylic acids is 1. The molecule has 0 aromatic heterocycles. The highest BCUT2D eigenvalue weighted by molar-refractivity contribution is 7.92. The first-order valence-corrected chi connectivity index (χ1v) is 12.9. The van der Waals surface area contributed by atoms with Gasteiger partial charge in [0, 0.05) is 22.8 Å². The third kappa shape index (κ3) is 5.87. The first-order valence-electron chi connectivity index (χ1n) is 11.1.